The first-order valence-corrected chi connectivity index (χ1v) is 10.2. The molecule has 8 nitrogen and oxygen atoms in total. The molecule has 158 valence electrons. The SMILES string of the molecule is CC(C)C(NC(=O)c1ccc(Cl)c(Cl)c1)C(=O)NN=Cc1ccc(Br)c([N+](=O)[O-])c1. The van der Waals surface area contributed by atoms with Crippen LogP contribution in [0.5, 0.6) is 0 Å². The van der Waals surface area contributed by atoms with Gasteiger partial charge in [0.25, 0.3) is 17.5 Å². The van der Waals surface area contributed by atoms with Crippen molar-refractivity contribution in [2.75, 3.05) is 0 Å². The van der Waals surface area contributed by atoms with Gasteiger partial charge in [-0.2, -0.15) is 5.10 Å². The van der Waals surface area contributed by atoms with E-state index >= 15 is 0 Å². The van der Waals surface area contributed by atoms with E-state index < -0.39 is 22.8 Å². The molecule has 11 heteroatoms. The summed E-state index contributed by atoms with van der Waals surface area (Å²) in [5, 5.41) is 18.0. The molecule has 0 aromatic heterocycles. The van der Waals surface area contributed by atoms with Crippen molar-refractivity contribution in [2.45, 2.75) is 19.9 Å². The van der Waals surface area contributed by atoms with Crippen LogP contribution in [0.15, 0.2) is 46.0 Å². The first kappa shape index (κ1) is 23.8. The number of rotatable bonds is 7. The standard InChI is InChI=1S/C19H17BrCl2N4O4/c1-10(2)17(24-18(27)12-4-6-14(21)15(22)8-12)19(28)25-23-9-11-3-5-13(20)16(7-11)26(29)30/h3-10,17H,1-2H3,(H,24,27)(H,25,28). The van der Waals surface area contributed by atoms with E-state index in [1.165, 1.54) is 36.5 Å². The molecule has 2 aromatic carbocycles. The third-order valence-corrected chi connectivity index (χ3v) is 5.38. The van der Waals surface area contributed by atoms with Gasteiger partial charge in [-0.15, -0.1) is 0 Å². The van der Waals surface area contributed by atoms with E-state index in [-0.39, 0.29) is 22.2 Å². The van der Waals surface area contributed by atoms with Crippen LogP contribution in [0, 0.1) is 16.0 Å². The second kappa shape index (κ2) is 10.5. The fourth-order valence-corrected chi connectivity index (χ4v) is 3.08. The molecule has 2 aromatic rings. The van der Waals surface area contributed by atoms with Crippen molar-refractivity contribution in [1.29, 1.82) is 0 Å². The molecule has 0 aliphatic rings. The predicted molar refractivity (Wildman–Crippen MR) is 119 cm³/mol. The van der Waals surface area contributed by atoms with Gasteiger partial charge in [0.2, 0.25) is 0 Å². The summed E-state index contributed by atoms with van der Waals surface area (Å²) in [6.45, 7) is 3.53. The summed E-state index contributed by atoms with van der Waals surface area (Å²) >= 11 is 14.9. The molecule has 2 amide bonds. The molecule has 0 aliphatic heterocycles. The van der Waals surface area contributed by atoms with Crippen molar-refractivity contribution >= 4 is 62.8 Å². The zero-order valence-electron chi connectivity index (χ0n) is 15.9. The largest absolute Gasteiger partial charge is 0.340 e. The smallest absolute Gasteiger partial charge is 0.284 e. The van der Waals surface area contributed by atoms with Crippen LogP contribution in [-0.4, -0.2) is 29.0 Å². The van der Waals surface area contributed by atoms with Crippen LogP contribution < -0.4 is 10.7 Å². The highest BCUT2D eigenvalue weighted by Crippen LogP contribution is 2.25. The van der Waals surface area contributed by atoms with Gasteiger partial charge >= 0.3 is 0 Å². The summed E-state index contributed by atoms with van der Waals surface area (Å²) in [5.74, 6) is -1.27. The number of amides is 2. The minimum Gasteiger partial charge on any atom is -0.340 e. The molecule has 1 atom stereocenters. The van der Waals surface area contributed by atoms with Crippen molar-refractivity contribution < 1.29 is 14.5 Å². The first-order chi connectivity index (χ1) is 14.1. The first-order valence-electron chi connectivity index (χ1n) is 8.63. The Morgan fingerprint density at radius 2 is 1.87 bits per heavy atom. The Balaban J connectivity index is 2.07. The molecule has 2 N–H and O–H groups in total. The van der Waals surface area contributed by atoms with Crippen LogP contribution in [0.1, 0.15) is 29.8 Å². The Hall–Kier alpha value is -2.49. The molecular formula is C19H17BrCl2N4O4. The maximum atomic E-state index is 12.5. The average molecular weight is 516 g/mol. The van der Waals surface area contributed by atoms with Gasteiger partial charge in [-0.25, -0.2) is 5.43 Å². The molecule has 0 aliphatic carbocycles. The molecule has 0 radical (unpaired) electrons. The highest BCUT2D eigenvalue weighted by molar-refractivity contribution is 9.10. The predicted octanol–water partition coefficient (Wildman–Crippen LogP) is 4.57. The Bertz CT molecular complexity index is 1010. The summed E-state index contributed by atoms with van der Waals surface area (Å²) in [5.41, 5.74) is 2.89. The topological polar surface area (TPSA) is 114 Å². The van der Waals surface area contributed by atoms with Gasteiger partial charge < -0.3 is 5.32 Å². The van der Waals surface area contributed by atoms with Gasteiger partial charge in [-0.1, -0.05) is 43.1 Å². The maximum Gasteiger partial charge on any atom is 0.284 e. The van der Waals surface area contributed by atoms with E-state index in [2.05, 4.69) is 31.8 Å². The normalized spacial score (nSPS) is 12.1. The number of halogens is 3. The van der Waals surface area contributed by atoms with E-state index in [0.29, 0.717) is 15.1 Å². The molecule has 0 saturated heterocycles. The van der Waals surface area contributed by atoms with E-state index in [9.17, 15) is 19.7 Å². The van der Waals surface area contributed by atoms with Crippen LogP contribution in [0.3, 0.4) is 0 Å². The Morgan fingerprint density at radius 3 is 2.47 bits per heavy atom. The fourth-order valence-electron chi connectivity index (χ4n) is 2.39. The summed E-state index contributed by atoms with van der Waals surface area (Å²) in [4.78, 5) is 35.4. The number of nitrogens with one attached hydrogen (secondary N) is 2. The number of nitro groups is 1. The third-order valence-electron chi connectivity index (χ3n) is 3.97. The van der Waals surface area contributed by atoms with Crippen LogP contribution in [0.25, 0.3) is 0 Å². The van der Waals surface area contributed by atoms with Crippen LogP contribution in [0.2, 0.25) is 10.0 Å². The lowest BCUT2D eigenvalue weighted by atomic mass is 10.0. The summed E-state index contributed by atoms with van der Waals surface area (Å²) < 4.78 is 0.332. The molecule has 2 rings (SSSR count). The zero-order valence-corrected chi connectivity index (χ0v) is 19.0. The number of hydrazone groups is 1. The molecule has 0 heterocycles. The number of hydrogen-bond donors (Lipinski definition) is 2. The van der Waals surface area contributed by atoms with E-state index in [1.54, 1.807) is 19.9 Å². The Kier molecular flexibility index (Phi) is 8.33. The fraction of sp³-hybridized carbons (Fsp3) is 0.211. The van der Waals surface area contributed by atoms with Crippen LogP contribution in [0.4, 0.5) is 5.69 Å². The lowest BCUT2D eigenvalue weighted by Gasteiger charge is -2.20. The van der Waals surface area contributed by atoms with Gasteiger partial charge in [0, 0.05) is 17.2 Å². The van der Waals surface area contributed by atoms with Crippen molar-refractivity contribution in [2.24, 2.45) is 11.0 Å². The molecular weight excluding hydrogens is 499 g/mol. The van der Waals surface area contributed by atoms with Gasteiger partial charge in [-0.05, 0) is 46.1 Å². The van der Waals surface area contributed by atoms with Crippen molar-refractivity contribution in [3.8, 4) is 0 Å². The quantitative estimate of drug-likeness (QED) is 0.319. The number of nitrogens with zero attached hydrogens (tertiary/aromatic N) is 2. The monoisotopic (exact) mass is 514 g/mol. The number of carbonyl (C=O) groups excluding carboxylic acids is 2. The lowest BCUT2D eigenvalue weighted by molar-refractivity contribution is -0.385. The summed E-state index contributed by atoms with van der Waals surface area (Å²) in [6, 6.07) is 7.94. The number of carbonyl (C=O) groups is 2. The average Bonchev–Trinajstić information content (AvgIpc) is 2.68. The van der Waals surface area contributed by atoms with Gasteiger partial charge in [0.1, 0.15) is 6.04 Å². The van der Waals surface area contributed by atoms with Crippen LogP contribution in [-0.2, 0) is 4.79 Å². The Labute approximate surface area is 190 Å². The molecule has 0 bridgehead atoms. The third kappa shape index (κ3) is 6.25. The van der Waals surface area contributed by atoms with E-state index in [0.717, 1.165) is 0 Å². The van der Waals surface area contributed by atoms with Gasteiger partial charge in [0.15, 0.2) is 0 Å². The Morgan fingerprint density at radius 1 is 1.17 bits per heavy atom. The lowest BCUT2D eigenvalue weighted by Crippen LogP contribution is -2.48. The molecule has 1 unspecified atom stereocenters. The maximum absolute atomic E-state index is 12.5. The van der Waals surface area contributed by atoms with E-state index in [4.69, 9.17) is 23.2 Å². The number of hydrogen-bond acceptors (Lipinski definition) is 5. The number of benzene rings is 2. The zero-order chi connectivity index (χ0) is 22.4. The highest BCUT2D eigenvalue weighted by atomic mass is 79.9. The summed E-state index contributed by atoms with van der Waals surface area (Å²) in [6.07, 6.45) is 1.27. The molecule has 0 saturated carbocycles. The minimum absolute atomic E-state index is 0.126. The molecule has 30 heavy (non-hydrogen) atoms. The second-order valence-corrected chi connectivity index (χ2v) is 8.19. The van der Waals surface area contributed by atoms with Crippen molar-refractivity contribution in [1.82, 2.24) is 10.7 Å². The highest BCUT2D eigenvalue weighted by Gasteiger charge is 2.24. The molecule has 0 fully saturated rings. The number of nitro benzene ring substituents is 1. The van der Waals surface area contributed by atoms with E-state index in [1.807, 2.05) is 0 Å². The summed E-state index contributed by atoms with van der Waals surface area (Å²) in [7, 11) is 0. The minimum atomic E-state index is -0.872. The second-order valence-electron chi connectivity index (χ2n) is 6.53. The van der Waals surface area contributed by atoms with Crippen molar-refractivity contribution in [3.05, 3.63) is 72.2 Å². The van der Waals surface area contributed by atoms with Crippen LogP contribution >= 0.6 is 39.1 Å². The van der Waals surface area contributed by atoms with Crippen molar-refractivity contribution in [3.63, 3.8) is 0 Å². The van der Waals surface area contributed by atoms with Gasteiger partial charge in [0.05, 0.1) is 25.7 Å². The van der Waals surface area contributed by atoms with Gasteiger partial charge in [-0.3, -0.25) is 19.7 Å². The molecule has 0 spiro atoms.